The summed E-state index contributed by atoms with van der Waals surface area (Å²) in [5, 5.41) is 11.1. The monoisotopic (exact) mass is 337 g/mol. The van der Waals surface area contributed by atoms with E-state index in [1.54, 1.807) is 18.2 Å². The standard InChI is InChI=1S/C13H12BrN3O3/c1-8-7-9(5-6-10(8)14)20-12-4-2-3-11(16-15)13(12)17(18)19/h2-7,16H,15H2,1H3. The number of nitrogens with one attached hydrogen (secondary N) is 1. The van der Waals surface area contributed by atoms with Gasteiger partial charge in [-0.1, -0.05) is 22.0 Å². The van der Waals surface area contributed by atoms with E-state index in [1.165, 1.54) is 12.1 Å². The molecular weight excluding hydrogens is 326 g/mol. The summed E-state index contributed by atoms with van der Waals surface area (Å²) >= 11 is 3.38. The minimum Gasteiger partial charge on any atom is -0.450 e. The van der Waals surface area contributed by atoms with E-state index in [0.717, 1.165) is 10.0 Å². The Kier molecular flexibility index (Phi) is 4.21. The quantitative estimate of drug-likeness (QED) is 0.503. The third-order valence-corrected chi connectivity index (χ3v) is 3.58. The number of aryl methyl sites for hydroxylation is 1. The predicted octanol–water partition coefficient (Wildman–Crippen LogP) is 3.74. The highest BCUT2D eigenvalue weighted by molar-refractivity contribution is 9.10. The minimum atomic E-state index is -0.532. The van der Waals surface area contributed by atoms with Crippen LogP contribution in [0.5, 0.6) is 11.5 Å². The van der Waals surface area contributed by atoms with Gasteiger partial charge in [-0.15, -0.1) is 0 Å². The molecule has 0 aliphatic carbocycles. The van der Waals surface area contributed by atoms with E-state index in [2.05, 4.69) is 21.4 Å². The Morgan fingerprint density at radius 3 is 2.70 bits per heavy atom. The molecule has 0 saturated carbocycles. The molecule has 0 fully saturated rings. The molecule has 20 heavy (non-hydrogen) atoms. The number of nitrogens with zero attached hydrogens (tertiary/aromatic N) is 1. The van der Waals surface area contributed by atoms with Crippen LogP contribution in [0.4, 0.5) is 11.4 Å². The van der Waals surface area contributed by atoms with Gasteiger partial charge in [0.25, 0.3) is 0 Å². The summed E-state index contributed by atoms with van der Waals surface area (Å²) in [5.74, 6) is 5.93. The van der Waals surface area contributed by atoms with E-state index >= 15 is 0 Å². The number of hydrogen-bond acceptors (Lipinski definition) is 5. The molecule has 2 rings (SSSR count). The number of para-hydroxylation sites is 1. The molecule has 0 atom stereocenters. The van der Waals surface area contributed by atoms with Gasteiger partial charge in [-0.2, -0.15) is 0 Å². The first-order valence-electron chi connectivity index (χ1n) is 5.71. The van der Waals surface area contributed by atoms with E-state index in [4.69, 9.17) is 10.6 Å². The third-order valence-electron chi connectivity index (χ3n) is 2.69. The van der Waals surface area contributed by atoms with Crippen LogP contribution in [0.1, 0.15) is 5.56 Å². The van der Waals surface area contributed by atoms with Gasteiger partial charge in [0.2, 0.25) is 5.75 Å². The van der Waals surface area contributed by atoms with Crippen molar-refractivity contribution in [3.05, 3.63) is 56.5 Å². The lowest BCUT2D eigenvalue weighted by Crippen LogP contribution is -2.09. The zero-order chi connectivity index (χ0) is 14.7. The number of benzene rings is 2. The molecule has 0 aromatic heterocycles. The average Bonchev–Trinajstić information content (AvgIpc) is 2.42. The fraction of sp³-hybridized carbons (Fsp3) is 0.0769. The molecule has 3 N–H and O–H groups in total. The van der Waals surface area contributed by atoms with Crippen molar-refractivity contribution in [1.82, 2.24) is 0 Å². The van der Waals surface area contributed by atoms with Crippen molar-refractivity contribution in [1.29, 1.82) is 0 Å². The van der Waals surface area contributed by atoms with Crippen LogP contribution >= 0.6 is 15.9 Å². The van der Waals surface area contributed by atoms with Gasteiger partial charge >= 0.3 is 5.69 Å². The maximum absolute atomic E-state index is 11.1. The number of nitrogen functional groups attached to an aromatic ring is 1. The second kappa shape index (κ2) is 5.89. The van der Waals surface area contributed by atoms with Crippen LogP contribution in [-0.2, 0) is 0 Å². The van der Waals surface area contributed by atoms with E-state index in [9.17, 15) is 10.1 Å². The third kappa shape index (κ3) is 2.89. The first-order chi connectivity index (χ1) is 9.52. The van der Waals surface area contributed by atoms with Crippen molar-refractivity contribution in [3.8, 4) is 11.5 Å². The second-order valence-electron chi connectivity index (χ2n) is 4.07. The normalized spacial score (nSPS) is 10.2. The smallest absolute Gasteiger partial charge is 0.335 e. The van der Waals surface area contributed by atoms with Crippen molar-refractivity contribution in [2.24, 2.45) is 5.84 Å². The molecule has 0 amide bonds. The van der Waals surface area contributed by atoms with Crippen LogP contribution in [-0.4, -0.2) is 4.92 Å². The summed E-state index contributed by atoms with van der Waals surface area (Å²) in [7, 11) is 0. The summed E-state index contributed by atoms with van der Waals surface area (Å²) in [5.41, 5.74) is 3.26. The Balaban J connectivity index is 2.42. The van der Waals surface area contributed by atoms with Crippen LogP contribution in [0.3, 0.4) is 0 Å². The highest BCUT2D eigenvalue weighted by atomic mass is 79.9. The lowest BCUT2D eigenvalue weighted by Gasteiger charge is -2.10. The molecule has 6 nitrogen and oxygen atoms in total. The molecule has 0 aliphatic heterocycles. The van der Waals surface area contributed by atoms with Crippen molar-refractivity contribution in [3.63, 3.8) is 0 Å². The second-order valence-corrected chi connectivity index (χ2v) is 4.92. The Morgan fingerprint density at radius 1 is 1.35 bits per heavy atom. The summed E-state index contributed by atoms with van der Waals surface area (Å²) < 4.78 is 6.53. The van der Waals surface area contributed by atoms with Gasteiger partial charge in [-0.25, -0.2) is 0 Å². The lowest BCUT2D eigenvalue weighted by atomic mass is 10.2. The predicted molar refractivity (Wildman–Crippen MR) is 79.9 cm³/mol. The Morgan fingerprint density at radius 2 is 2.10 bits per heavy atom. The number of halogens is 1. The molecule has 0 aliphatic rings. The summed E-state index contributed by atoms with van der Waals surface area (Å²) in [6, 6.07) is 10.00. The topological polar surface area (TPSA) is 90.4 Å². The van der Waals surface area contributed by atoms with Crippen molar-refractivity contribution >= 4 is 27.3 Å². The van der Waals surface area contributed by atoms with Gasteiger partial charge in [0.1, 0.15) is 11.4 Å². The van der Waals surface area contributed by atoms with Crippen LogP contribution in [0, 0.1) is 17.0 Å². The van der Waals surface area contributed by atoms with E-state index < -0.39 is 4.92 Å². The summed E-state index contributed by atoms with van der Waals surface area (Å²) in [6.07, 6.45) is 0. The molecule has 0 spiro atoms. The molecule has 0 bridgehead atoms. The van der Waals surface area contributed by atoms with Gasteiger partial charge in [-0.3, -0.25) is 16.0 Å². The Hall–Kier alpha value is -2.12. The molecule has 0 saturated heterocycles. The number of hydrazine groups is 1. The van der Waals surface area contributed by atoms with Crippen LogP contribution in [0.15, 0.2) is 40.9 Å². The fourth-order valence-corrected chi connectivity index (χ4v) is 1.96. The number of ether oxygens (including phenoxy) is 1. The molecule has 0 radical (unpaired) electrons. The number of rotatable bonds is 4. The largest absolute Gasteiger partial charge is 0.450 e. The number of nitrogens with two attached hydrogens (primary N) is 1. The van der Waals surface area contributed by atoms with Crippen molar-refractivity contribution in [2.45, 2.75) is 6.92 Å². The molecule has 2 aromatic carbocycles. The molecule has 2 aromatic rings. The first kappa shape index (κ1) is 14.3. The minimum absolute atomic E-state index is 0.132. The Bertz CT molecular complexity index is 661. The van der Waals surface area contributed by atoms with Crippen molar-refractivity contribution < 1.29 is 9.66 Å². The maximum atomic E-state index is 11.1. The number of nitro groups is 1. The van der Waals surface area contributed by atoms with Gasteiger partial charge in [-0.05, 0) is 42.8 Å². The molecular formula is C13H12BrN3O3. The van der Waals surface area contributed by atoms with E-state index in [1.807, 2.05) is 13.0 Å². The summed E-state index contributed by atoms with van der Waals surface area (Å²) in [6.45, 7) is 1.91. The van der Waals surface area contributed by atoms with Crippen LogP contribution in [0.2, 0.25) is 0 Å². The maximum Gasteiger partial charge on any atom is 0.335 e. The number of anilines is 1. The van der Waals surface area contributed by atoms with Gasteiger partial charge in [0.15, 0.2) is 0 Å². The number of hydrogen-bond donors (Lipinski definition) is 2. The average molecular weight is 338 g/mol. The zero-order valence-corrected chi connectivity index (χ0v) is 12.2. The lowest BCUT2D eigenvalue weighted by molar-refractivity contribution is -0.384. The van der Waals surface area contributed by atoms with Gasteiger partial charge in [0.05, 0.1) is 4.92 Å². The summed E-state index contributed by atoms with van der Waals surface area (Å²) in [4.78, 5) is 10.6. The first-order valence-corrected chi connectivity index (χ1v) is 6.50. The fourth-order valence-electron chi connectivity index (χ4n) is 1.72. The van der Waals surface area contributed by atoms with Crippen molar-refractivity contribution in [2.75, 3.05) is 5.43 Å². The van der Waals surface area contributed by atoms with Crippen LogP contribution < -0.4 is 16.0 Å². The highest BCUT2D eigenvalue weighted by Gasteiger charge is 2.21. The molecule has 104 valence electrons. The highest BCUT2D eigenvalue weighted by Crippen LogP contribution is 2.37. The Labute approximate surface area is 123 Å². The van der Waals surface area contributed by atoms with E-state index in [-0.39, 0.29) is 17.1 Å². The van der Waals surface area contributed by atoms with Gasteiger partial charge in [0, 0.05) is 4.47 Å². The van der Waals surface area contributed by atoms with E-state index in [0.29, 0.717) is 5.75 Å². The zero-order valence-electron chi connectivity index (χ0n) is 10.6. The molecule has 0 unspecified atom stereocenters. The number of nitro benzene ring substituents is 1. The SMILES string of the molecule is Cc1cc(Oc2cccc(NN)c2[N+](=O)[O-])ccc1Br. The van der Waals surface area contributed by atoms with Crippen LogP contribution in [0.25, 0.3) is 0 Å². The molecule has 7 heteroatoms. The van der Waals surface area contributed by atoms with Gasteiger partial charge < -0.3 is 10.2 Å². The molecule has 0 heterocycles.